The van der Waals surface area contributed by atoms with E-state index in [2.05, 4.69) is 33.4 Å². The number of hydrogen-bond donors (Lipinski definition) is 1. The van der Waals surface area contributed by atoms with Gasteiger partial charge in [-0.05, 0) is 29.8 Å². The molecule has 0 aliphatic carbocycles. The van der Waals surface area contributed by atoms with Gasteiger partial charge in [0.1, 0.15) is 12.7 Å². The van der Waals surface area contributed by atoms with Gasteiger partial charge in [0.05, 0.1) is 12.3 Å². The number of fused-ring (bicyclic) bond motifs is 1. The van der Waals surface area contributed by atoms with E-state index in [4.69, 9.17) is 9.47 Å². The predicted octanol–water partition coefficient (Wildman–Crippen LogP) is 3.64. The Morgan fingerprint density at radius 2 is 1.92 bits per heavy atom. The number of thioether (sulfide) groups is 1. The highest BCUT2D eigenvalue weighted by molar-refractivity contribution is 9.10. The molecule has 0 unspecified atom stereocenters. The molecule has 1 aliphatic rings. The second-order valence-corrected chi connectivity index (χ2v) is 7.32. The lowest BCUT2D eigenvalue weighted by molar-refractivity contribution is -0.119. The minimum absolute atomic E-state index is 0.0135. The van der Waals surface area contributed by atoms with Gasteiger partial charge in [-0.15, -0.1) is 11.8 Å². The Labute approximate surface area is 154 Å². The molecule has 1 heterocycles. The summed E-state index contributed by atoms with van der Waals surface area (Å²) in [7, 11) is 0. The molecule has 2 aromatic rings. The van der Waals surface area contributed by atoms with Gasteiger partial charge in [0, 0.05) is 10.2 Å². The van der Waals surface area contributed by atoms with Gasteiger partial charge < -0.3 is 14.8 Å². The molecule has 0 spiro atoms. The molecular weight excluding hydrogens is 390 g/mol. The van der Waals surface area contributed by atoms with Gasteiger partial charge in [0.2, 0.25) is 5.91 Å². The van der Waals surface area contributed by atoms with Crippen LogP contribution in [-0.4, -0.2) is 30.9 Å². The zero-order valence-electron chi connectivity index (χ0n) is 13.0. The minimum atomic E-state index is -0.152. The van der Waals surface area contributed by atoms with Gasteiger partial charge in [0.15, 0.2) is 11.5 Å². The van der Waals surface area contributed by atoms with E-state index in [0.717, 1.165) is 21.7 Å². The average Bonchev–Trinajstić information content (AvgIpc) is 2.61. The highest BCUT2D eigenvalue weighted by Gasteiger charge is 2.20. The summed E-state index contributed by atoms with van der Waals surface area (Å²) in [6.07, 6.45) is -0.152. The van der Waals surface area contributed by atoms with Crippen molar-refractivity contribution in [3.8, 4) is 11.5 Å². The van der Waals surface area contributed by atoms with Gasteiger partial charge in [-0.1, -0.05) is 40.2 Å². The molecule has 1 N–H and O–H groups in total. The standard InChI is InChI=1S/C18H18BrNO3S/c19-14-7-5-13(6-8-14)11-24-12-18(21)20-9-15-10-22-16-3-1-2-4-17(16)23-15/h1-8,15H,9-12H2,(H,20,21)/t15-/m0/s1. The van der Waals surface area contributed by atoms with Crippen LogP contribution in [0.5, 0.6) is 11.5 Å². The lowest BCUT2D eigenvalue weighted by Crippen LogP contribution is -2.41. The summed E-state index contributed by atoms with van der Waals surface area (Å²) in [5.41, 5.74) is 1.21. The van der Waals surface area contributed by atoms with E-state index in [1.165, 1.54) is 5.56 Å². The largest absolute Gasteiger partial charge is 0.486 e. The summed E-state index contributed by atoms with van der Waals surface area (Å²) in [5, 5.41) is 2.91. The lowest BCUT2D eigenvalue weighted by Gasteiger charge is -2.26. The lowest BCUT2D eigenvalue weighted by atomic mass is 10.2. The third-order valence-corrected chi connectivity index (χ3v) is 5.04. The molecule has 1 atom stereocenters. The van der Waals surface area contributed by atoms with Gasteiger partial charge in [-0.3, -0.25) is 4.79 Å². The van der Waals surface area contributed by atoms with Crippen LogP contribution >= 0.6 is 27.7 Å². The molecule has 0 fully saturated rings. The summed E-state index contributed by atoms with van der Waals surface area (Å²) in [6.45, 7) is 0.898. The Balaban J connectivity index is 1.36. The van der Waals surface area contributed by atoms with E-state index >= 15 is 0 Å². The molecule has 4 nitrogen and oxygen atoms in total. The molecule has 0 bridgehead atoms. The monoisotopic (exact) mass is 407 g/mol. The smallest absolute Gasteiger partial charge is 0.230 e. The predicted molar refractivity (Wildman–Crippen MR) is 99.7 cm³/mol. The van der Waals surface area contributed by atoms with Crippen molar-refractivity contribution in [1.29, 1.82) is 0 Å². The molecular formula is C18H18BrNO3S. The van der Waals surface area contributed by atoms with Crippen LogP contribution in [0.25, 0.3) is 0 Å². The fourth-order valence-electron chi connectivity index (χ4n) is 2.28. The maximum Gasteiger partial charge on any atom is 0.230 e. The number of benzene rings is 2. The highest BCUT2D eigenvalue weighted by atomic mass is 79.9. The molecule has 24 heavy (non-hydrogen) atoms. The van der Waals surface area contributed by atoms with E-state index in [0.29, 0.717) is 18.9 Å². The van der Waals surface area contributed by atoms with Gasteiger partial charge in [-0.2, -0.15) is 0 Å². The first kappa shape index (κ1) is 17.2. The van der Waals surface area contributed by atoms with E-state index in [9.17, 15) is 4.79 Å². The highest BCUT2D eigenvalue weighted by Crippen LogP contribution is 2.30. The molecule has 3 rings (SSSR count). The molecule has 0 saturated carbocycles. The first-order valence-corrected chi connectivity index (χ1v) is 9.63. The van der Waals surface area contributed by atoms with Crippen molar-refractivity contribution in [3.63, 3.8) is 0 Å². The van der Waals surface area contributed by atoms with Crippen molar-refractivity contribution in [2.75, 3.05) is 18.9 Å². The second kappa shape index (κ2) is 8.44. The molecule has 1 aliphatic heterocycles. The number of halogens is 1. The van der Waals surface area contributed by atoms with Crippen molar-refractivity contribution in [3.05, 3.63) is 58.6 Å². The van der Waals surface area contributed by atoms with Crippen molar-refractivity contribution < 1.29 is 14.3 Å². The summed E-state index contributed by atoms with van der Waals surface area (Å²) in [4.78, 5) is 11.9. The van der Waals surface area contributed by atoms with Crippen molar-refractivity contribution in [2.45, 2.75) is 11.9 Å². The van der Waals surface area contributed by atoms with E-state index in [1.54, 1.807) is 11.8 Å². The number of para-hydroxylation sites is 2. The van der Waals surface area contributed by atoms with Crippen molar-refractivity contribution in [1.82, 2.24) is 5.32 Å². The fraction of sp³-hybridized carbons (Fsp3) is 0.278. The zero-order chi connectivity index (χ0) is 16.8. The number of ether oxygens (including phenoxy) is 2. The van der Waals surface area contributed by atoms with Crippen LogP contribution in [0.15, 0.2) is 53.0 Å². The van der Waals surface area contributed by atoms with Crippen LogP contribution in [0.3, 0.4) is 0 Å². The number of rotatable bonds is 6. The van der Waals surface area contributed by atoms with Crippen molar-refractivity contribution in [2.24, 2.45) is 0 Å². The van der Waals surface area contributed by atoms with E-state index < -0.39 is 0 Å². The third kappa shape index (κ3) is 4.92. The maximum atomic E-state index is 11.9. The molecule has 1 amide bonds. The fourth-order valence-corrected chi connectivity index (χ4v) is 3.37. The minimum Gasteiger partial charge on any atom is -0.486 e. The Morgan fingerprint density at radius 3 is 2.71 bits per heavy atom. The number of hydrogen-bond acceptors (Lipinski definition) is 4. The van der Waals surface area contributed by atoms with E-state index in [-0.39, 0.29) is 12.0 Å². The number of carbonyl (C=O) groups is 1. The molecule has 126 valence electrons. The summed E-state index contributed by atoms with van der Waals surface area (Å²) >= 11 is 5.01. The zero-order valence-corrected chi connectivity index (χ0v) is 15.4. The SMILES string of the molecule is O=C(CSCc1ccc(Br)cc1)NC[C@H]1COc2ccccc2O1. The Hall–Kier alpha value is -1.66. The first-order chi connectivity index (χ1) is 11.7. The Bertz CT molecular complexity index is 693. The Kier molecular flexibility index (Phi) is 6.04. The van der Waals surface area contributed by atoms with E-state index in [1.807, 2.05) is 36.4 Å². The average molecular weight is 408 g/mol. The maximum absolute atomic E-state index is 11.9. The van der Waals surface area contributed by atoms with Gasteiger partial charge in [-0.25, -0.2) is 0 Å². The summed E-state index contributed by atoms with van der Waals surface area (Å²) in [5.74, 6) is 2.74. The van der Waals surface area contributed by atoms with Crippen LogP contribution in [-0.2, 0) is 10.5 Å². The van der Waals surface area contributed by atoms with Crippen LogP contribution in [0.4, 0.5) is 0 Å². The third-order valence-electron chi connectivity index (χ3n) is 3.51. The van der Waals surface area contributed by atoms with Gasteiger partial charge >= 0.3 is 0 Å². The van der Waals surface area contributed by atoms with Crippen LogP contribution in [0.1, 0.15) is 5.56 Å². The summed E-state index contributed by atoms with van der Waals surface area (Å²) < 4.78 is 12.5. The van der Waals surface area contributed by atoms with Crippen LogP contribution in [0, 0.1) is 0 Å². The number of nitrogens with one attached hydrogen (secondary N) is 1. The topological polar surface area (TPSA) is 47.6 Å². The molecule has 0 radical (unpaired) electrons. The van der Waals surface area contributed by atoms with Crippen molar-refractivity contribution >= 4 is 33.6 Å². The second-order valence-electron chi connectivity index (χ2n) is 5.42. The quantitative estimate of drug-likeness (QED) is 0.793. The number of amides is 1. The first-order valence-electron chi connectivity index (χ1n) is 7.68. The molecule has 0 saturated heterocycles. The summed E-state index contributed by atoms with van der Waals surface area (Å²) in [6, 6.07) is 15.7. The molecule has 2 aromatic carbocycles. The van der Waals surface area contributed by atoms with Crippen LogP contribution < -0.4 is 14.8 Å². The number of carbonyl (C=O) groups excluding carboxylic acids is 1. The molecule has 6 heteroatoms. The Morgan fingerprint density at radius 1 is 1.17 bits per heavy atom. The normalized spacial score (nSPS) is 15.8. The molecule has 0 aromatic heterocycles. The van der Waals surface area contributed by atoms with Gasteiger partial charge in [0.25, 0.3) is 0 Å². The van der Waals surface area contributed by atoms with Crippen LogP contribution in [0.2, 0.25) is 0 Å².